The van der Waals surface area contributed by atoms with Crippen LogP contribution < -0.4 is 5.32 Å². The monoisotopic (exact) mass is 333 g/mol. The first-order valence-electron chi connectivity index (χ1n) is 6.50. The molecule has 4 nitrogen and oxygen atoms in total. The molecule has 120 valence electrons. The average molecular weight is 334 g/mol. The second kappa shape index (κ2) is 6.58. The number of hydrogen-bond donors (Lipinski definition) is 2. The van der Waals surface area contributed by atoms with Crippen LogP contribution in [0.5, 0.6) is 0 Å². The lowest BCUT2D eigenvalue weighted by molar-refractivity contribution is -0.137. The number of hydrogen-bond acceptors (Lipinski definition) is 3. The first kappa shape index (κ1) is 16.6. The highest BCUT2D eigenvalue weighted by atomic mass is 35.5. The molecule has 0 aliphatic carbocycles. The molecule has 0 aliphatic rings. The molecule has 0 saturated carbocycles. The van der Waals surface area contributed by atoms with E-state index in [1.807, 2.05) is 0 Å². The molecule has 0 amide bonds. The van der Waals surface area contributed by atoms with E-state index in [-0.39, 0.29) is 18.1 Å². The minimum atomic E-state index is -4.47. The number of aromatic nitrogens is 2. The van der Waals surface area contributed by atoms with Crippen molar-refractivity contribution in [2.75, 3.05) is 17.7 Å². The van der Waals surface area contributed by atoms with Crippen LogP contribution in [-0.2, 0) is 6.18 Å². The number of nitrogens with one attached hydrogen (secondary N) is 1. The summed E-state index contributed by atoms with van der Waals surface area (Å²) < 4.78 is 40.5. The van der Waals surface area contributed by atoms with E-state index in [0.717, 1.165) is 12.1 Å². The number of aliphatic hydroxyl groups excluding tert-OH is 1. The molecule has 2 aromatic rings. The van der Waals surface area contributed by atoms with Crippen molar-refractivity contribution in [2.24, 2.45) is 0 Å². The second-order valence-corrected chi connectivity index (χ2v) is 5.19. The Hall–Kier alpha value is -1.73. The van der Waals surface area contributed by atoms with Gasteiger partial charge < -0.3 is 15.0 Å². The first-order chi connectivity index (χ1) is 10.3. The van der Waals surface area contributed by atoms with Gasteiger partial charge in [0, 0.05) is 24.1 Å². The van der Waals surface area contributed by atoms with Gasteiger partial charge in [-0.1, -0.05) is 0 Å². The van der Waals surface area contributed by atoms with Gasteiger partial charge in [-0.3, -0.25) is 0 Å². The van der Waals surface area contributed by atoms with Gasteiger partial charge >= 0.3 is 6.18 Å². The molecule has 2 N–H and O–H groups in total. The Labute approximate surface area is 130 Å². The summed E-state index contributed by atoms with van der Waals surface area (Å²) in [6, 6.07) is 3.59. The molecule has 0 aliphatic heterocycles. The van der Waals surface area contributed by atoms with E-state index < -0.39 is 17.8 Å². The van der Waals surface area contributed by atoms with Crippen molar-refractivity contribution in [3.63, 3.8) is 0 Å². The molecule has 1 aromatic carbocycles. The fourth-order valence-electron chi connectivity index (χ4n) is 1.88. The molecule has 2 rings (SSSR count). The van der Waals surface area contributed by atoms with Gasteiger partial charge in [0.1, 0.15) is 0 Å². The van der Waals surface area contributed by atoms with Crippen LogP contribution in [0.15, 0.2) is 30.7 Å². The Morgan fingerprint density at radius 2 is 2.09 bits per heavy atom. The van der Waals surface area contributed by atoms with E-state index in [1.54, 1.807) is 19.2 Å². The summed E-state index contributed by atoms with van der Waals surface area (Å²) in [5, 5.41) is 12.2. The zero-order valence-corrected chi connectivity index (χ0v) is 12.5. The van der Waals surface area contributed by atoms with Crippen molar-refractivity contribution in [3.05, 3.63) is 42.0 Å². The summed E-state index contributed by atoms with van der Waals surface area (Å²) in [7, 11) is 0. The maximum atomic E-state index is 13.0. The molecule has 22 heavy (non-hydrogen) atoms. The third-order valence-electron chi connectivity index (χ3n) is 2.97. The number of aliphatic hydroxyl groups is 1. The zero-order valence-electron chi connectivity index (χ0n) is 11.7. The van der Waals surface area contributed by atoms with Gasteiger partial charge in [0.2, 0.25) is 0 Å². The highest BCUT2D eigenvalue weighted by molar-refractivity contribution is 6.18. The van der Waals surface area contributed by atoms with Gasteiger partial charge in [-0.2, -0.15) is 13.2 Å². The van der Waals surface area contributed by atoms with Gasteiger partial charge in [0.15, 0.2) is 0 Å². The van der Waals surface area contributed by atoms with Crippen molar-refractivity contribution in [1.29, 1.82) is 0 Å². The molecule has 8 heteroatoms. The minimum absolute atomic E-state index is 0.000462. The van der Waals surface area contributed by atoms with E-state index in [0.29, 0.717) is 11.4 Å². The highest BCUT2D eigenvalue weighted by Crippen LogP contribution is 2.33. The Kier molecular flexibility index (Phi) is 4.97. The van der Waals surface area contributed by atoms with Crippen LogP contribution in [0.1, 0.15) is 11.3 Å². The molecular weight excluding hydrogens is 319 g/mol. The second-order valence-electron chi connectivity index (χ2n) is 4.88. The normalized spacial score (nSPS) is 13.2. The average Bonchev–Trinajstić information content (AvgIpc) is 2.90. The van der Waals surface area contributed by atoms with Crippen molar-refractivity contribution < 1.29 is 18.3 Å². The summed E-state index contributed by atoms with van der Waals surface area (Å²) >= 11 is 5.47. The first-order valence-corrected chi connectivity index (χ1v) is 7.04. The van der Waals surface area contributed by atoms with Crippen molar-refractivity contribution in [2.45, 2.75) is 19.2 Å². The van der Waals surface area contributed by atoms with Gasteiger partial charge in [0.05, 0.1) is 29.6 Å². The molecule has 1 atom stereocenters. The lowest BCUT2D eigenvalue weighted by Gasteiger charge is -2.15. The van der Waals surface area contributed by atoms with Crippen molar-refractivity contribution >= 4 is 17.3 Å². The lowest BCUT2D eigenvalue weighted by atomic mass is 10.1. The Morgan fingerprint density at radius 1 is 1.36 bits per heavy atom. The molecule has 1 unspecified atom stereocenters. The fraction of sp³-hybridized carbons (Fsp3) is 0.357. The number of aryl methyl sites for hydroxylation is 1. The summed E-state index contributed by atoms with van der Waals surface area (Å²) in [6.45, 7) is 1.81. The number of anilines is 1. The van der Waals surface area contributed by atoms with Crippen molar-refractivity contribution in [3.8, 4) is 5.69 Å². The van der Waals surface area contributed by atoms with E-state index in [1.165, 1.54) is 10.9 Å². The number of halogens is 4. The van der Waals surface area contributed by atoms with Crippen LogP contribution in [0.25, 0.3) is 5.69 Å². The van der Waals surface area contributed by atoms with E-state index >= 15 is 0 Å². The van der Waals surface area contributed by atoms with Crippen LogP contribution in [0.4, 0.5) is 18.9 Å². The van der Waals surface area contributed by atoms with E-state index in [9.17, 15) is 18.3 Å². The topological polar surface area (TPSA) is 50.1 Å². The van der Waals surface area contributed by atoms with E-state index in [4.69, 9.17) is 11.6 Å². The van der Waals surface area contributed by atoms with Gasteiger partial charge in [-0.25, -0.2) is 4.98 Å². The maximum Gasteiger partial charge on any atom is 0.416 e. The molecular formula is C14H15ClF3N3O. The summed E-state index contributed by atoms with van der Waals surface area (Å²) in [5.41, 5.74) is 0.502. The fourth-order valence-corrected chi connectivity index (χ4v) is 1.99. The number of nitrogens with zero attached hydrogens (tertiary/aromatic N) is 2. The van der Waals surface area contributed by atoms with E-state index in [2.05, 4.69) is 10.3 Å². The molecule has 0 fully saturated rings. The molecule has 0 radical (unpaired) electrons. The number of rotatable bonds is 5. The van der Waals surface area contributed by atoms with Crippen LogP contribution in [-0.4, -0.2) is 33.2 Å². The van der Waals surface area contributed by atoms with Crippen LogP contribution in [0.3, 0.4) is 0 Å². The lowest BCUT2D eigenvalue weighted by Crippen LogP contribution is -2.21. The van der Waals surface area contributed by atoms with Crippen molar-refractivity contribution in [1.82, 2.24) is 9.55 Å². The number of imidazole rings is 1. The van der Waals surface area contributed by atoms with Crippen LogP contribution >= 0.6 is 11.6 Å². The predicted octanol–water partition coefficient (Wildman–Crippen LogP) is 3.21. The van der Waals surface area contributed by atoms with Crippen LogP contribution in [0, 0.1) is 6.92 Å². The summed E-state index contributed by atoms with van der Waals surface area (Å²) in [4.78, 5) is 4.01. The summed E-state index contributed by atoms with van der Waals surface area (Å²) in [5.74, 6) is -0.000462. The zero-order chi connectivity index (χ0) is 16.3. The SMILES string of the molecule is Cc1cn(-c2cc(NCC(O)CCl)cc(C(F)(F)F)c2)cn1. The standard InChI is InChI=1S/C14H15ClF3N3O/c1-9-7-21(8-20-9)12-3-10(14(16,17)18)2-11(4-12)19-6-13(22)5-15/h2-4,7-8,13,19,22H,5-6H2,1H3. The van der Waals surface area contributed by atoms with Gasteiger partial charge in [0.25, 0.3) is 0 Å². The summed E-state index contributed by atoms with van der Waals surface area (Å²) in [6.07, 6.45) is -2.22. The predicted molar refractivity (Wildman–Crippen MR) is 78.5 cm³/mol. The smallest absolute Gasteiger partial charge is 0.390 e. The molecule has 0 saturated heterocycles. The highest BCUT2D eigenvalue weighted by Gasteiger charge is 2.31. The Bertz CT molecular complexity index is 643. The van der Waals surface area contributed by atoms with Gasteiger partial charge in [-0.05, 0) is 25.1 Å². The molecule has 1 aromatic heterocycles. The van der Waals surface area contributed by atoms with Gasteiger partial charge in [-0.15, -0.1) is 11.6 Å². The molecule has 1 heterocycles. The minimum Gasteiger partial charge on any atom is -0.390 e. The largest absolute Gasteiger partial charge is 0.416 e. The third-order valence-corrected chi connectivity index (χ3v) is 3.33. The quantitative estimate of drug-likeness (QED) is 0.826. The molecule has 0 spiro atoms. The maximum absolute atomic E-state index is 13.0. The Morgan fingerprint density at radius 3 is 2.64 bits per heavy atom. The number of alkyl halides is 4. The number of benzene rings is 1. The molecule has 0 bridgehead atoms. The Balaban J connectivity index is 2.37. The van der Waals surface area contributed by atoms with Crippen LogP contribution in [0.2, 0.25) is 0 Å². The third kappa shape index (κ3) is 4.14.